The first-order chi connectivity index (χ1) is 16.4. The van der Waals surface area contributed by atoms with E-state index in [9.17, 15) is 4.79 Å². The molecule has 2 aliphatic rings. The third-order valence-electron chi connectivity index (χ3n) is 7.09. The highest BCUT2D eigenvalue weighted by Gasteiger charge is 2.35. The molecule has 0 spiro atoms. The highest BCUT2D eigenvalue weighted by atomic mass is 35.5. The van der Waals surface area contributed by atoms with Crippen LogP contribution in [0, 0.1) is 6.92 Å². The van der Waals surface area contributed by atoms with Gasteiger partial charge >= 0.3 is 5.97 Å². The van der Waals surface area contributed by atoms with Gasteiger partial charge in [-0.15, -0.1) is 0 Å². The van der Waals surface area contributed by atoms with Crippen molar-refractivity contribution in [3.63, 3.8) is 0 Å². The largest absolute Gasteiger partial charge is 0.459 e. The number of carbonyl (C=O) groups is 1. The number of nitrogens with zero attached hydrogens (tertiary/aromatic N) is 4. The Morgan fingerprint density at radius 2 is 1.85 bits per heavy atom. The Hall–Kier alpha value is -2.31. The Bertz CT molecular complexity index is 990. The molecule has 0 saturated carbocycles. The first kappa shape index (κ1) is 24.8. The van der Waals surface area contributed by atoms with E-state index >= 15 is 0 Å². The zero-order valence-corrected chi connectivity index (χ0v) is 21.6. The Balaban J connectivity index is 1.42. The summed E-state index contributed by atoms with van der Waals surface area (Å²) in [7, 11) is 0. The molecule has 2 aromatic rings. The zero-order valence-electron chi connectivity index (χ0n) is 20.8. The quantitative estimate of drug-likeness (QED) is 0.505. The van der Waals surface area contributed by atoms with E-state index in [1.165, 1.54) is 5.69 Å². The number of ether oxygens (including phenoxy) is 1. The minimum absolute atomic E-state index is 0.153. The topological polar surface area (TPSA) is 48.9 Å². The molecular weight excluding hydrogens is 448 g/mol. The van der Waals surface area contributed by atoms with Gasteiger partial charge in [-0.1, -0.05) is 24.6 Å². The highest BCUT2D eigenvalue weighted by Crippen LogP contribution is 2.31. The number of aromatic nitrogens is 1. The van der Waals surface area contributed by atoms with Gasteiger partial charge in [-0.25, -0.2) is 9.78 Å². The minimum atomic E-state index is -0.278. The molecule has 0 unspecified atom stereocenters. The van der Waals surface area contributed by atoms with E-state index in [2.05, 4.69) is 38.7 Å². The van der Waals surface area contributed by atoms with Gasteiger partial charge in [0.25, 0.3) is 0 Å². The second kappa shape index (κ2) is 11.0. The molecule has 184 valence electrons. The number of piperidine rings is 1. The van der Waals surface area contributed by atoms with Crippen molar-refractivity contribution < 1.29 is 9.53 Å². The lowest BCUT2D eigenvalue weighted by molar-refractivity contribution is 0.0377. The van der Waals surface area contributed by atoms with Crippen molar-refractivity contribution in [1.29, 1.82) is 0 Å². The maximum absolute atomic E-state index is 12.8. The van der Waals surface area contributed by atoms with Gasteiger partial charge in [-0.05, 0) is 76.4 Å². The van der Waals surface area contributed by atoms with Gasteiger partial charge in [0.15, 0.2) is 0 Å². The number of anilines is 2. The van der Waals surface area contributed by atoms with Crippen LogP contribution in [0.25, 0.3) is 0 Å². The van der Waals surface area contributed by atoms with Crippen molar-refractivity contribution in [1.82, 2.24) is 9.88 Å². The second-order valence-electron chi connectivity index (χ2n) is 9.70. The predicted molar refractivity (Wildman–Crippen MR) is 139 cm³/mol. The van der Waals surface area contributed by atoms with Gasteiger partial charge in [-0.2, -0.15) is 0 Å². The SMILES string of the molecule is CCN(C1CCN(c2cccc(Cl)c2)CC1)[C@@H]1CCN(c2nccc(C)c2C(=O)OC(C)C)C1. The number of pyridine rings is 1. The monoisotopic (exact) mass is 484 g/mol. The molecule has 0 amide bonds. The number of hydrogen-bond acceptors (Lipinski definition) is 6. The van der Waals surface area contributed by atoms with Crippen LogP contribution < -0.4 is 9.80 Å². The van der Waals surface area contributed by atoms with Crippen LogP contribution in [-0.2, 0) is 4.74 Å². The number of halogens is 1. The van der Waals surface area contributed by atoms with Crippen molar-refractivity contribution in [3.05, 3.63) is 52.7 Å². The highest BCUT2D eigenvalue weighted by molar-refractivity contribution is 6.30. The molecule has 1 atom stereocenters. The summed E-state index contributed by atoms with van der Waals surface area (Å²) < 4.78 is 5.53. The first-order valence-electron chi connectivity index (χ1n) is 12.5. The summed E-state index contributed by atoms with van der Waals surface area (Å²) in [5.74, 6) is 0.486. The van der Waals surface area contributed by atoms with Gasteiger partial charge in [0, 0.05) is 55.2 Å². The fourth-order valence-electron chi connectivity index (χ4n) is 5.46. The average molecular weight is 485 g/mol. The maximum Gasteiger partial charge on any atom is 0.342 e. The van der Waals surface area contributed by atoms with E-state index in [0.29, 0.717) is 17.6 Å². The number of benzene rings is 1. The van der Waals surface area contributed by atoms with Crippen LogP contribution in [0.2, 0.25) is 5.02 Å². The van der Waals surface area contributed by atoms with E-state index < -0.39 is 0 Å². The smallest absolute Gasteiger partial charge is 0.342 e. The average Bonchev–Trinajstić information content (AvgIpc) is 3.29. The van der Waals surface area contributed by atoms with E-state index in [0.717, 1.165) is 68.4 Å². The third-order valence-corrected chi connectivity index (χ3v) is 7.33. The van der Waals surface area contributed by atoms with Crippen LogP contribution in [0.4, 0.5) is 11.5 Å². The standard InChI is InChI=1S/C27H37ClN4O2/c1-5-32(22-10-14-30(15-11-22)23-8-6-7-21(28)17-23)24-12-16-31(18-24)26-25(20(4)9-13-29-26)27(33)34-19(2)3/h6-9,13,17,19,22,24H,5,10-12,14-16,18H2,1-4H3/t24-/m1/s1. The fourth-order valence-corrected chi connectivity index (χ4v) is 5.64. The molecule has 7 heteroatoms. The number of rotatable bonds is 7. The predicted octanol–water partition coefficient (Wildman–Crippen LogP) is 5.18. The summed E-state index contributed by atoms with van der Waals surface area (Å²) in [6, 6.07) is 11.1. The van der Waals surface area contributed by atoms with Crippen LogP contribution in [0.1, 0.15) is 56.0 Å². The zero-order chi connectivity index (χ0) is 24.2. The summed E-state index contributed by atoms with van der Waals surface area (Å²) >= 11 is 6.21. The van der Waals surface area contributed by atoms with E-state index in [1.54, 1.807) is 6.20 Å². The summed E-state index contributed by atoms with van der Waals surface area (Å²) in [5, 5.41) is 0.794. The molecule has 4 rings (SSSR count). The molecule has 0 radical (unpaired) electrons. The fraction of sp³-hybridized carbons (Fsp3) is 0.556. The number of hydrogen-bond donors (Lipinski definition) is 0. The summed E-state index contributed by atoms with van der Waals surface area (Å²) in [4.78, 5) is 24.8. The molecule has 1 aromatic heterocycles. The van der Waals surface area contributed by atoms with E-state index in [1.807, 2.05) is 39.0 Å². The Labute approximate surface area is 208 Å². The first-order valence-corrected chi connectivity index (χ1v) is 12.9. The molecule has 3 heterocycles. The molecular formula is C27H37ClN4O2. The summed E-state index contributed by atoms with van der Waals surface area (Å²) in [5.41, 5.74) is 2.74. The van der Waals surface area contributed by atoms with Gasteiger partial charge in [-0.3, -0.25) is 4.90 Å². The van der Waals surface area contributed by atoms with Gasteiger partial charge in [0.1, 0.15) is 11.4 Å². The Kier molecular flexibility index (Phi) is 7.99. The Morgan fingerprint density at radius 3 is 2.53 bits per heavy atom. The van der Waals surface area contributed by atoms with E-state index in [-0.39, 0.29) is 12.1 Å². The lowest BCUT2D eigenvalue weighted by atomic mass is 10.00. The van der Waals surface area contributed by atoms with Crippen molar-refractivity contribution in [3.8, 4) is 0 Å². The van der Waals surface area contributed by atoms with Crippen molar-refractivity contribution >= 4 is 29.1 Å². The molecule has 6 nitrogen and oxygen atoms in total. The van der Waals surface area contributed by atoms with Crippen molar-refractivity contribution in [2.75, 3.05) is 42.5 Å². The van der Waals surface area contributed by atoms with Crippen LogP contribution in [-0.4, -0.2) is 66.8 Å². The van der Waals surface area contributed by atoms with Crippen LogP contribution >= 0.6 is 11.6 Å². The molecule has 2 saturated heterocycles. The van der Waals surface area contributed by atoms with Crippen molar-refractivity contribution in [2.24, 2.45) is 0 Å². The van der Waals surface area contributed by atoms with E-state index in [4.69, 9.17) is 16.3 Å². The van der Waals surface area contributed by atoms with Gasteiger partial charge in [0.05, 0.1) is 6.10 Å². The lowest BCUT2D eigenvalue weighted by Crippen LogP contribution is -2.50. The maximum atomic E-state index is 12.8. The van der Waals surface area contributed by atoms with Crippen LogP contribution in [0.15, 0.2) is 36.5 Å². The molecule has 0 bridgehead atoms. The summed E-state index contributed by atoms with van der Waals surface area (Å²) in [6.45, 7) is 12.9. The molecule has 1 aromatic carbocycles. The molecule has 0 N–H and O–H groups in total. The van der Waals surface area contributed by atoms with Gasteiger partial charge < -0.3 is 14.5 Å². The molecule has 2 aliphatic heterocycles. The number of esters is 1. The normalized spacial score (nSPS) is 19.3. The molecule has 0 aliphatic carbocycles. The second-order valence-corrected chi connectivity index (χ2v) is 10.1. The Morgan fingerprint density at radius 1 is 1.15 bits per heavy atom. The van der Waals surface area contributed by atoms with Gasteiger partial charge in [0.2, 0.25) is 0 Å². The lowest BCUT2D eigenvalue weighted by Gasteiger charge is -2.41. The van der Waals surface area contributed by atoms with Crippen LogP contribution in [0.3, 0.4) is 0 Å². The number of aryl methyl sites for hydroxylation is 1. The molecule has 34 heavy (non-hydrogen) atoms. The van der Waals surface area contributed by atoms with Crippen LogP contribution in [0.5, 0.6) is 0 Å². The number of likely N-dealkylation sites (N-methyl/N-ethyl adjacent to an activating group) is 1. The summed E-state index contributed by atoms with van der Waals surface area (Å²) in [6.07, 6.45) is 5.01. The molecule has 2 fully saturated rings. The third kappa shape index (κ3) is 5.49. The minimum Gasteiger partial charge on any atom is -0.459 e. The van der Waals surface area contributed by atoms with Crippen molar-refractivity contribution in [2.45, 2.75) is 65.1 Å². The number of carbonyl (C=O) groups excluding carboxylic acids is 1.